The summed E-state index contributed by atoms with van der Waals surface area (Å²) >= 11 is 0. The summed E-state index contributed by atoms with van der Waals surface area (Å²) in [5, 5.41) is 25.0. The van der Waals surface area contributed by atoms with Gasteiger partial charge in [-0.15, -0.1) is 0 Å². The van der Waals surface area contributed by atoms with E-state index in [1.54, 1.807) is 5.57 Å². The van der Waals surface area contributed by atoms with Crippen molar-refractivity contribution in [3.63, 3.8) is 0 Å². The Morgan fingerprint density at radius 3 is 2.63 bits per heavy atom. The van der Waals surface area contributed by atoms with Crippen molar-refractivity contribution in [2.24, 2.45) is 34.5 Å². The van der Waals surface area contributed by atoms with Gasteiger partial charge >= 0.3 is 0 Å². The Labute approximate surface area is 164 Å². The molecule has 0 aromatic heterocycles. The molecule has 0 bridgehead atoms. The molecule has 3 heteroatoms. The molecule has 5 aliphatic rings. The smallest absolute Gasteiger partial charge is 0.0757 e. The highest BCUT2D eigenvalue weighted by molar-refractivity contribution is 5.33. The van der Waals surface area contributed by atoms with Gasteiger partial charge in [0.2, 0.25) is 0 Å². The van der Waals surface area contributed by atoms with Crippen molar-refractivity contribution in [1.82, 2.24) is 5.32 Å². The molecule has 0 spiro atoms. The van der Waals surface area contributed by atoms with E-state index in [1.807, 2.05) is 0 Å². The van der Waals surface area contributed by atoms with E-state index >= 15 is 0 Å². The predicted molar refractivity (Wildman–Crippen MR) is 108 cm³/mol. The summed E-state index contributed by atoms with van der Waals surface area (Å²) in [5.74, 6) is 2.26. The Balaban J connectivity index is 1.46. The Bertz CT molecular complexity index is 663. The number of hydrogen-bond donors (Lipinski definition) is 3. The first kappa shape index (κ1) is 18.4. The van der Waals surface area contributed by atoms with Crippen molar-refractivity contribution in [3.8, 4) is 0 Å². The molecule has 5 rings (SSSR count). The number of rotatable bonds is 1. The fourth-order valence-corrected chi connectivity index (χ4v) is 7.99. The molecule has 1 aliphatic heterocycles. The second-order valence-corrected chi connectivity index (χ2v) is 10.7. The molecule has 3 nitrogen and oxygen atoms in total. The molecule has 1 unspecified atom stereocenters. The molecular weight excluding hydrogens is 334 g/mol. The lowest BCUT2D eigenvalue weighted by Gasteiger charge is -2.59. The highest BCUT2D eigenvalue weighted by Crippen LogP contribution is 2.65. The van der Waals surface area contributed by atoms with Gasteiger partial charge in [0.1, 0.15) is 0 Å². The van der Waals surface area contributed by atoms with Crippen LogP contribution in [0.25, 0.3) is 0 Å². The molecule has 8 atom stereocenters. The van der Waals surface area contributed by atoms with Crippen LogP contribution in [0.3, 0.4) is 0 Å². The number of aliphatic hydroxyl groups is 2. The zero-order chi connectivity index (χ0) is 18.8. The van der Waals surface area contributed by atoms with E-state index in [0.29, 0.717) is 23.7 Å². The van der Waals surface area contributed by atoms with Crippen LogP contribution in [-0.2, 0) is 0 Å². The molecule has 1 saturated heterocycles. The molecule has 0 radical (unpaired) electrons. The van der Waals surface area contributed by atoms with E-state index in [4.69, 9.17) is 0 Å². The van der Waals surface area contributed by atoms with Crippen LogP contribution in [0.1, 0.15) is 65.2 Å². The molecule has 150 valence electrons. The standard InChI is InChI=1S/C24H37NO2/c1-23-9-7-17(26)12-16(23)13-21(27)22-19-6-5-18(15-4-3-11-25-14-15)24(19,2)10-8-20(22)23/h5,13,15,17,19-22,25-27H,3-4,6-12,14H2,1-2H3/t15?,17-,19-,20-,21+,22-,23-,24+/m0/s1. The van der Waals surface area contributed by atoms with E-state index in [2.05, 4.69) is 31.3 Å². The summed E-state index contributed by atoms with van der Waals surface area (Å²) in [5.41, 5.74) is 3.53. The number of nitrogens with one attached hydrogen (secondary N) is 1. The van der Waals surface area contributed by atoms with Crippen LogP contribution in [-0.4, -0.2) is 35.5 Å². The zero-order valence-corrected chi connectivity index (χ0v) is 17.1. The summed E-state index contributed by atoms with van der Waals surface area (Å²) in [6.07, 6.45) is 13.3. The van der Waals surface area contributed by atoms with Gasteiger partial charge in [-0.05, 0) is 92.4 Å². The van der Waals surface area contributed by atoms with Crippen molar-refractivity contribution >= 4 is 0 Å². The van der Waals surface area contributed by atoms with Crippen LogP contribution in [0.15, 0.2) is 23.3 Å². The van der Waals surface area contributed by atoms with Crippen LogP contribution in [0.4, 0.5) is 0 Å². The van der Waals surface area contributed by atoms with Gasteiger partial charge in [0, 0.05) is 6.54 Å². The summed E-state index contributed by atoms with van der Waals surface area (Å²) in [7, 11) is 0. The normalized spacial score (nSPS) is 52.3. The van der Waals surface area contributed by atoms with Gasteiger partial charge in [-0.2, -0.15) is 0 Å². The maximum absolute atomic E-state index is 11.2. The molecular formula is C24H37NO2. The van der Waals surface area contributed by atoms with Crippen molar-refractivity contribution in [2.45, 2.75) is 77.4 Å². The lowest BCUT2D eigenvalue weighted by atomic mass is 9.46. The number of piperidine rings is 1. The van der Waals surface area contributed by atoms with E-state index < -0.39 is 0 Å². The number of hydrogen-bond acceptors (Lipinski definition) is 3. The van der Waals surface area contributed by atoms with Crippen LogP contribution in [0.2, 0.25) is 0 Å². The van der Waals surface area contributed by atoms with Crippen molar-refractivity contribution in [3.05, 3.63) is 23.3 Å². The zero-order valence-electron chi connectivity index (χ0n) is 17.1. The maximum atomic E-state index is 11.2. The molecule has 0 aromatic carbocycles. The average Bonchev–Trinajstić information content (AvgIpc) is 3.01. The van der Waals surface area contributed by atoms with E-state index in [0.717, 1.165) is 32.2 Å². The Hall–Kier alpha value is -0.640. The number of aliphatic hydroxyl groups excluding tert-OH is 2. The second-order valence-electron chi connectivity index (χ2n) is 10.7. The molecule has 3 fully saturated rings. The van der Waals surface area contributed by atoms with Crippen LogP contribution >= 0.6 is 0 Å². The van der Waals surface area contributed by atoms with Crippen molar-refractivity contribution in [1.29, 1.82) is 0 Å². The summed E-state index contributed by atoms with van der Waals surface area (Å²) < 4.78 is 0. The Kier molecular flexibility index (Phi) is 4.38. The lowest BCUT2D eigenvalue weighted by Crippen LogP contribution is -2.54. The molecule has 27 heavy (non-hydrogen) atoms. The highest BCUT2D eigenvalue weighted by Gasteiger charge is 2.59. The molecule has 1 heterocycles. The largest absolute Gasteiger partial charge is 0.393 e. The summed E-state index contributed by atoms with van der Waals surface area (Å²) in [4.78, 5) is 0. The van der Waals surface area contributed by atoms with E-state index in [1.165, 1.54) is 37.8 Å². The minimum absolute atomic E-state index is 0.194. The lowest BCUT2D eigenvalue weighted by molar-refractivity contribution is -0.0792. The first-order valence-electron chi connectivity index (χ1n) is 11.4. The molecule has 0 aromatic rings. The fraction of sp³-hybridized carbons (Fsp3) is 0.833. The van der Waals surface area contributed by atoms with E-state index in [9.17, 15) is 10.2 Å². The number of allylic oxidation sites excluding steroid dienone is 1. The van der Waals surface area contributed by atoms with Gasteiger partial charge in [0.05, 0.1) is 12.2 Å². The number of fused-ring (bicyclic) bond motifs is 5. The first-order valence-corrected chi connectivity index (χ1v) is 11.4. The quantitative estimate of drug-likeness (QED) is 0.614. The minimum Gasteiger partial charge on any atom is -0.393 e. The van der Waals surface area contributed by atoms with Gasteiger partial charge in [-0.1, -0.05) is 37.1 Å². The average molecular weight is 372 g/mol. The summed E-state index contributed by atoms with van der Waals surface area (Å²) in [6.45, 7) is 7.26. The fourth-order valence-electron chi connectivity index (χ4n) is 7.99. The SMILES string of the molecule is C[C@]12CC[C@H](O)CC1=C[C@@H](O)[C@@H]1[C@@H]2CC[C@]2(C)C(C3CCCNC3)=CC[C@@H]12. The maximum Gasteiger partial charge on any atom is 0.0757 e. The van der Waals surface area contributed by atoms with Crippen molar-refractivity contribution < 1.29 is 10.2 Å². The summed E-state index contributed by atoms with van der Waals surface area (Å²) in [6, 6.07) is 0. The minimum atomic E-state index is -0.328. The van der Waals surface area contributed by atoms with E-state index in [-0.39, 0.29) is 23.0 Å². The second kappa shape index (κ2) is 6.43. The third kappa shape index (κ3) is 2.64. The Morgan fingerprint density at radius 1 is 1.04 bits per heavy atom. The molecule has 3 N–H and O–H groups in total. The third-order valence-corrected chi connectivity index (χ3v) is 9.48. The highest BCUT2D eigenvalue weighted by atomic mass is 16.3. The third-order valence-electron chi connectivity index (χ3n) is 9.48. The van der Waals surface area contributed by atoms with Crippen LogP contribution in [0, 0.1) is 34.5 Å². The van der Waals surface area contributed by atoms with Gasteiger partial charge in [0.25, 0.3) is 0 Å². The predicted octanol–water partition coefficient (Wildman–Crippen LogP) is 3.82. The molecule has 4 aliphatic carbocycles. The van der Waals surface area contributed by atoms with Gasteiger partial charge in [0.15, 0.2) is 0 Å². The van der Waals surface area contributed by atoms with Gasteiger partial charge < -0.3 is 15.5 Å². The van der Waals surface area contributed by atoms with Gasteiger partial charge in [-0.25, -0.2) is 0 Å². The topological polar surface area (TPSA) is 52.5 Å². The first-order chi connectivity index (χ1) is 12.9. The van der Waals surface area contributed by atoms with Gasteiger partial charge in [-0.3, -0.25) is 0 Å². The molecule has 2 saturated carbocycles. The monoisotopic (exact) mass is 371 g/mol. The van der Waals surface area contributed by atoms with Crippen LogP contribution < -0.4 is 5.32 Å². The Morgan fingerprint density at radius 2 is 1.85 bits per heavy atom. The van der Waals surface area contributed by atoms with Crippen molar-refractivity contribution in [2.75, 3.05) is 13.1 Å². The molecule has 0 amide bonds. The van der Waals surface area contributed by atoms with Crippen LogP contribution in [0.5, 0.6) is 0 Å².